The van der Waals surface area contributed by atoms with Gasteiger partial charge in [0, 0.05) is 6.04 Å². The molecule has 0 radical (unpaired) electrons. The van der Waals surface area contributed by atoms with Gasteiger partial charge in [0.05, 0.1) is 19.1 Å². The van der Waals surface area contributed by atoms with Crippen molar-refractivity contribution in [2.45, 2.75) is 25.8 Å². The predicted molar refractivity (Wildman–Crippen MR) is 61.3 cm³/mol. The molecule has 2 atom stereocenters. The van der Waals surface area contributed by atoms with Crippen LogP contribution in [0.15, 0.2) is 0 Å². The van der Waals surface area contributed by atoms with Gasteiger partial charge in [0.2, 0.25) is 0 Å². The SMILES string of the molecule is CCCN(CCCN)C1COCC1C(=O)O. The Morgan fingerprint density at radius 1 is 1.50 bits per heavy atom. The van der Waals surface area contributed by atoms with Crippen molar-refractivity contribution in [1.29, 1.82) is 0 Å². The highest BCUT2D eigenvalue weighted by Crippen LogP contribution is 2.20. The van der Waals surface area contributed by atoms with Gasteiger partial charge in [0.15, 0.2) is 0 Å². The lowest BCUT2D eigenvalue weighted by molar-refractivity contribution is -0.143. The molecule has 0 aliphatic carbocycles. The van der Waals surface area contributed by atoms with Gasteiger partial charge in [-0.2, -0.15) is 0 Å². The second-order valence-corrected chi connectivity index (χ2v) is 4.23. The van der Waals surface area contributed by atoms with Gasteiger partial charge in [-0.3, -0.25) is 9.69 Å². The fourth-order valence-corrected chi connectivity index (χ4v) is 2.16. The van der Waals surface area contributed by atoms with Crippen LogP contribution in [0.4, 0.5) is 0 Å². The summed E-state index contributed by atoms with van der Waals surface area (Å²) in [6.45, 7) is 5.39. The smallest absolute Gasteiger partial charge is 0.310 e. The highest BCUT2D eigenvalue weighted by molar-refractivity contribution is 5.71. The maximum Gasteiger partial charge on any atom is 0.310 e. The van der Waals surface area contributed by atoms with Crippen LogP contribution in [0, 0.1) is 5.92 Å². The lowest BCUT2D eigenvalue weighted by Crippen LogP contribution is -2.44. The minimum atomic E-state index is -0.753. The van der Waals surface area contributed by atoms with Crippen LogP contribution in [0.25, 0.3) is 0 Å². The zero-order valence-electron chi connectivity index (χ0n) is 9.89. The number of hydrogen-bond acceptors (Lipinski definition) is 4. The molecule has 1 aliphatic rings. The van der Waals surface area contributed by atoms with E-state index in [-0.39, 0.29) is 12.0 Å². The van der Waals surface area contributed by atoms with Gasteiger partial charge in [-0.25, -0.2) is 0 Å². The molecule has 0 aromatic rings. The van der Waals surface area contributed by atoms with Gasteiger partial charge < -0.3 is 15.6 Å². The first kappa shape index (κ1) is 13.4. The second kappa shape index (κ2) is 6.83. The van der Waals surface area contributed by atoms with Gasteiger partial charge >= 0.3 is 5.97 Å². The predicted octanol–water partition coefficient (Wildman–Crippen LogP) is 0.147. The first-order valence-corrected chi connectivity index (χ1v) is 5.95. The fraction of sp³-hybridized carbons (Fsp3) is 0.909. The standard InChI is InChI=1S/C11H22N2O3/c1-2-5-13(6-3-4-12)10-8-16-7-9(10)11(14)15/h9-10H,2-8,12H2,1H3,(H,14,15). The van der Waals surface area contributed by atoms with Crippen molar-refractivity contribution >= 4 is 5.97 Å². The number of rotatable bonds is 7. The minimum absolute atomic E-state index is 0.0176. The van der Waals surface area contributed by atoms with Crippen LogP contribution in [0.1, 0.15) is 19.8 Å². The van der Waals surface area contributed by atoms with Crippen molar-refractivity contribution in [2.75, 3.05) is 32.8 Å². The van der Waals surface area contributed by atoms with Gasteiger partial charge in [-0.15, -0.1) is 0 Å². The van der Waals surface area contributed by atoms with Crippen LogP contribution in [0.2, 0.25) is 0 Å². The van der Waals surface area contributed by atoms with Crippen LogP contribution in [0.3, 0.4) is 0 Å². The number of carboxylic acid groups (broad SMARTS) is 1. The summed E-state index contributed by atoms with van der Waals surface area (Å²) >= 11 is 0. The summed E-state index contributed by atoms with van der Waals surface area (Å²) in [5, 5.41) is 9.09. The molecule has 0 saturated carbocycles. The Morgan fingerprint density at radius 2 is 2.25 bits per heavy atom. The maximum absolute atomic E-state index is 11.1. The Bertz CT molecular complexity index is 223. The van der Waals surface area contributed by atoms with Crippen LogP contribution in [0.5, 0.6) is 0 Å². The van der Waals surface area contributed by atoms with Gasteiger partial charge in [0.25, 0.3) is 0 Å². The number of aliphatic carboxylic acids is 1. The Hall–Kier alpha value is -0.650. The van der Waals surface area contributed by atoms with Crippen molar-refractivity contribution in [3.05, 3.63) is 0 Å². The van der Waals surface area contributed by atoms with Gasteiger partial charge in [-0.1, -0.05) is 6.92 Å². The van der Waals surface area contributed by atoms with Crippen molar-refractivity contribution in [3.63, 3.8) is 0 Å². The molecule has 94 valence electrons. The molecule has 1 heterocycles. The summed E-state index contributed by atoms with van der Waals surface area (Å²) in [6, 6.07) is 0.0176. The molecular weight excluding hydrogens is 208 g/mol. The van der Waals surface area contributed by atoms with E-state index in [0.29, 0.717) is 19.8 Å². The summed E-state index contributed by atoms with van der Waals surface area (Å²) in [7, 11) is 0. The lowest BCUT2D eigenvalue weighted by Gasteiger charge is -2.29. The molecule has 0 bridgehead atoms. The van der Waals surface area contributed by atoms with Crippen LogP contribution < -0.4 is 5.73 Å². The summed E-state index contributed by atoms with van der Waals surface area (Å²) in [6.07, 6.45) is 1.93. The zero-order valence-corrected chi connectivity index (χ0v) is 9.89. The summed E-state index contributed by atoms with van der Waals surface area (Å²) < 4.78 is 5.28. The highest BCUT2D eigenvalue weighted by Gasteiger charge is 2.37. The molecule has 0 amide bonds. The van der Waals surface area contributed by atoms with Crippen LogP contribution >= 0.6 is 0 Å². The minimum Gasteiger partial charge on any atom is -0.481 e. The van der Waals surface area contributed by atoms with E-state index in [1.807, 2.05) is 0 Å². The molecule has 1 saturated heterocycles. The van der Waals surface area contributed by atoms with Crippen LogP contribution in [-0.2, 0) is 9.53 Å². The van der Waals surface area contributed by atoms with E-state index >= 15 is 0 Å². The van der Waals surface area contributed by atoms with E-state index in [1.165, 1.54) is 0 Å². The normalized spacial score (nSPS) is 25.2. The Labute approximate surface area is 96.6 Å². The summed E-state index contributed by atoms with van der Waals surface area (Å²) in [4.78, 5) is 13.3. The fourth-order valence-electron chi connectivity index (χ4n) is 2.16. The lowest BCUT2D eigenvalue weighted by atomic mass is 10.0. The Morgan fingerprint density at radius 3 is 2.81 bits per heavy atom. The third-order valence-electron chi connectivity index (χ3n) is 3.00. The van der Waals surface area contributed by atoms with E-state index in [1.54, 1.807) is 0 Å². The zero-order chi connectivity index (χ0) is 12.0. The van der Waals surface area contributed by atoms with Crippen molar-refractivity contribution in [2.24, 2.45) is 11.7 Å². The molecule has 1 aliphatic heterocycles. The largest absolute Gasteiger partial charge is 0.481 e. The molecule has 16 heavy (non-hydrogen) atoms. The number of hydrogen-bond donors (Lipinski definition) is 2. The van der Waals surface area contributed by atoms with Gasteiger partial charge in [0.1, 0.15) is 0 Å². The molecule has 3 N–H and O–H groups in total. The number of ether oxygens (including phenoxy) is 1. The van der Waals surface area contributed by atoms with E-state index < -0.39 is 5.97 Å². The number of nitrogens with zero attached hydrogens (tertiary/aromatic N) is 1. The van der Waals surface area contributed by atoms with Crippen LogP contribution in [-0.4, -0.2) is 54.9 Å². The van der Waals surface area contributed by atoms with Crippen molar-refractivity contribution < 1.29 is 14.6 Å². The number of carboxylic acids is 1. The molecule has 1 rings (SSSR count). The molecule has 0 aromatic carbocycles. The van der Waals surface area contributed by atoms with E-state index in [9.17, 15) is 4.79 Å². The highest BCUT2D eigenvalue weighted by atomic mass is 16.5. The monoisotopic (exact) mass is 230 g/mol. The Balaban J connectivity index is 2.57. The van der Waals surface area contributed by atoms with Crippen molar-refractivity contribution in [1.82, 2.24) is 4.90 Å². The van der Waals surface area contributed by atoms with E-state index in [2.05, 4.69) is 11.8 Å². The van der Waals surface area contributed by atoms with Gasteiger partial charge in [-0.05, 0) is 32.5 Å². The molecule has 0 aromatic heterocycles. The number of nitrogens with two attached hydrogens (primary N) is 1. The molecule has 0 spiro atoms. The topological polar surface area (TPSA) is 75.8 Å². The molecule has 5 heteroatoms. The van der Waals surface area contributed by atoms with E-state index in [4.69, 9.17) is 15.6 Å². The first-order valence-electron chi connectivity index (χ1n) is 5.95. The van der Waals surface area contributed by atoms with Crippen molar-refractivity contribution in [3.8, 4) is 0 Å². The summed E-state index contributed by atoms with van der Waals surface area (Å²) in [5.74, 6) is -1.14. The molecule has 2 unspecified atom stereocenters. The molecule has 1 fully saturated rings. The first-order chi connectivity index (χ1) is 7.70. The molecule has 5 nitrogen and oxygen atoms in total. The Kier molecular flexibility index (Phi) is 5.73. The summed E-state index contributed by atoms with van der Waals surface area (Å²) in [5.41, 5.74) is 5.49. The third-order valence-corrected chi connectivity index (χ3v) is 3.00. The average Bonchev–Trinajstić information content (AvgIpc) is 2.73. The molecular formula is C11H22N2O3. The quantitative estimate of drug-likeness (QED) is 0.651. The third kappa shape index (κ3) is 3.43. The average molecular weight is 230 g/mol. The number of carbonyl (C=O) groups is 1. The second-order valence-electron chi connectivity index (χ2n) is 4.23. The van der Waals surface area contributed by atoms with E-state index in [0.717, 1.165) is 25.9 Å². The maximum atomic E-state index is 11.1.